The molecule has 0 aromatic heterocycles. The van der Waals surface area contributed by atoms with Crippen LogP contribution in [0.5, 0.6) is 11.5 Å². The highest BCUT2D eigenvalue weighted by molar-refractivity contribution is 6.05. The van der Waals surface area contributed by atoms with Crippen molar-refractivity contribution in [3.63, 3.8) is 0 Å². The van der Waals surface area contributed by atoms with E-state index < -0.39 is 0 Å². The lowest BCUT2D eigenvalue weighted by Crippen LogP contribution is -2.36. The van der Waals surface area contributed by atoms with Crippen molar-refractivity contribution in [1.82, 2.24) is 10.2 Å². The zero-order valence-corrected chi connectivity index (χ0v) is 19.5. The van der Waals surface area contributed by atoms with Gasteiger partial charge in [-0.05, 0) is 59.7 Å². The van der Waals surface area contributed by atoms with E-state index in [1.54, 1.807) is 49.5 Å². The lowest BCUT2D eigenvalue weighted by molar-refractivity contribution is -0.126. The number of carbonyl (C=O) groups is 2. The third kappa shape index (κ3) is 5.49. The minimum Gasteiger partial charge on any atom is -0.493 e. The fraction of sp³-hybridized carbons (Fsp3) is 0.385. The largest absolute Gasteiger partial charge is 0.493 e. The van der Waals surface area contributed by atoms with E-state index >= 15 is 0 Å². The van der Waals surface area contributed by atoms with E-state index in [2.05, 4.69) is 26.1 Å². The van der Waals surface area contributed by atoms with E-state index in [1.807, 2.05) is 18.2 Å². The van der Waals surface area contributed by atoms with Crippen molar-refractivity contribution in [2.75, 3.05) is 27.3 Å². The smallest absolute Gasteiger partial charge is 0.270 e. The molecule has 1 aliphatic rings. The van der Waals surface area contributed by atoms with E-state index in [4.69, 9.17) is 9.47 Å². The third-order valence-electron chi connectivity index (χ3n) is 5.60. The SMILES string of the molecule is COc1ccc(/C=C(/NC(=O)c2ccc(C(C)(C)C)cc2)C(=O)N2CCCC2)cc1OC. The first-order valence-electron chi connectivity index (χ1n) is 10.9. The molecule has 0 atom stereocenters. The van der Waals surface area contributed by atoms with E-state index in [-0.39, 0.29) is 22.9 Å². The van der Waals surface area contributed by atoms with Crippen LogP contribution >= 0.6 is 0 Å². The third-order valence-corrected chi connectivity index (χ3v) is 5.60. The minimum absolute atomic E-state index is 0.000783. The molecule has 0 saturated carbocycles. The van der Waals surface area contributed by atoms with E-state index in [1.165, 1.54) is 0 Å². The van der Waals surface area contributed by atoms with E-state index in [9.17, 15) is 9.59 Å². The van der Waals surface area contributed by atoms with Crippen molar-refractivity contribution in [3.05, 3.63) is 64.9 Å². The van der Waals surface area contributed by atoms with Crippen molar-refractivity contribution in [2.24, 2.45) is 0 Å². The number of nitrogens with one attached hydrogen (secondary N) is 1. The lowest BCUT2D eigenvalue weighted by atomic mass is 9.87. The van der Waals surface area contributed by atoms with Gasteiger partial charge >= 0.3 is 0 Å². The van der Waals surface area contributed by atoms with Crippen molar-refractivity contribution in [1.29, 1.82) is 0 Å². The van der Waals surface area contributed by atoms with Gasteiger partial charge in [0.25, 0.3) is 11.8 Å². The van der Waals surface area contributed by atoms with Crippen LogP contribution in [0.15, 0.2) is 48.2 Å². The highest BCUT2D eigenvalue weighted by atomic mass is 16.5. The first kappa shape index (κ1) is 23.4. The van der Waals surface area contributed by atoms with Crippen LogP contribution in [-0.4, -0.2) is 44.0 Å². The molecule has 6 nitrogen and oxygen atoms in total. The van der Waals surface area contributed by atoms with Crippen LogP contribution in [0.3, 0.4) is 0 Å². The van der Waals surface area contributed by atoms with Gasteiger partial charge in [-0.1, -0.05) is 39.0 Å². The number of carbonyl (C=O) groups excluding carboxylic acids is 2. The molecule has 6 heteroatoms. The molecule has 2 aromatic carbocycles. The zero-order valence-electron chi connectivity index (χ0n) is 19.5. The molecular formula is C26H32N2O4. The lowest BCUT2D eigenvalue weighted by Gasteiger charge is -2.20. The summed E-state index contributed by atoms with van der Waals surface area (Å²) >= 11 is 0. The quantitative estimate of drug-likeness (QED) is 0.682. The highest BCUT2D eigenvalue weighted by Gasteiger charge is 2.24. The molecule has 0 bridgehead atoms. The molecule has 2 amide bonds. The molecule has 3 rings (SSSR count). The Morgan fingerprint density at radius 2 is 1.56 bits per heavy atom. The second kappa shape index (κ2) is 9.90. The van der Waals surface area contributed by atoms with Crippen LogP contribution in [0.4, 0.5) is 0 Å². The Hall–Kier alpha value is -3.28. The standard InChI is InChI=1S/C26H32N2O4/c1-26(2,3)20-11-9-19(10-12-20)24(29)27-21(25(30)28-14-6-7-15-28)16-18-8-13-22(31-4)23(17-18)32-5/h8-13,16-17H,6-7,14-15H2,1-5H3,(H,27,29)/b21-16+. The minimum atomic E-state index is -0.315. The first-order valence-corrected chi connectivity index (χ1v) is 10.9. The van der Waals surface area contributed by atoms with Crippen LogP contribution in [0.25, 0.3) is 6.08 Å². The van der Waals surface area contributed by atoms with E-state index in [0.29, 0.717) is 30.2 Å². The summed E-state index contributed by atoms with van der Waals surface area (Å²) in [7, 11) is 3.13. The molecule has 170 valence electrons. The Morgan fingerprint density at radius 3 is 2.12 bits per heavy atom. The number of rotatable bonds is 6. The molecule has 32 heavy (non-hydrogen) atoms. The molecule has 0 unspecified atom stereocenters. The first-order chi connectivity index (χ1) is 15.2. The number of ether oxygens (including phenoxy) is 2. The van der Waals surface area contributed by atoms with Gasteiger partial charge in [-0.25, -0.2) is 0 Å². The molecular weight excluding hydrogens is 404 g/mol. The molecule has 0 aliphatic carbocycles. The second-order valence-corrected chi connectivity index (χ2v) is 8.95. The highest BCUT2D eigenvalue weighted by Crippen LogP contribution is 2.28. The number of hydrogen-bond donors (Lipinski definition) is 1. The number of likely N-dealkylation sites (tertiary alicyclic amines) is 1. The van der Waals surface area contributed by atoms with Crippen LogP contribution in [0.2, 0.25) is 0 Å². The van der Waals surface area contributed by atoms with Gasteiger partial charge in [0.05, 0.1) is 14.2 Å². The predicted molar refractivity (Wildman–Crippen MR) is 126 cm³/mol. The summed E-state index contributed by atoms with van der Waals surface area (Å²) in [6.07, 6.45) is 3.62. The average molecular weight is 437 g/mol. The normalized spacial score (nSPS) is 14.3. The number of amides is 2. The van der Waals surface area contributed by atoms with Crippen molar-refractivity contribution < 1.29 is 19.1 Å². The summed E-state index contributed by atoms with van der Waals surface area (Å²) in [4.78, 5) is 27.9. The van der Waals surface area contributed by atoms with E-state index in [0.717, 1.165) is 24.0 Å². The molecule has 1 fully saturated rings. The average Bonchev–Trinajstić information content (AvgIpc) is 3.32. The number of hydrogen-bond acceptors (Lipinski definition) is 4. The van der Waals surface area contributed by atoms with Gasteiger partial charge in [-0.3, -0.25) is 9.59 Å². The summed E-state index contributed by atoms with van der Waals surface area (Å²) in [5, 5.41) is 2.84. The fourth-order valence-corrected chi connectivity index (χ4v) is 3.67. The van der Waals surface area contributed by atoms with Crippen molar-refractivity contribution in [3.8, 4) is 11.5 Å². The van der Waals surface area contributed by atoms with Crippen molar-refractivity contribution >= 4 is 17.9 Å². The topological polar surface area (TPSA) is 67.9 Å². The van der Waals surface area contributed by atoms with Gasteiger partial charge in [0.15, 0.2) is 11.5 Å². The fourth-order valence-electron chi connectivity index (χ4n) is 3.67. The van der Waals surface area contributed by atoms with Gasteiger partial charge in [0, 0.05) is 18.7 Å². The summed E-state index contributed by atoms with van der Waals surface area (Å²) in [6.45, 7) is 7.76. The monoisotopic (exact) mass is 436 g/mol. The van der Waals surface area contributed by atoms with Crippen LogP contribution in [0.1, 0.15) is 55.1 Å². The number of methoxy groups -OCH3 is 2. The zero-order chi connectivity index (χ0) is 23.3. The maximum absolute atomic E-state index is 13.2. The molecule has 2 aromatic rings. The van der Waals surface area contributed by atoms with Crippen LogP contribution < -0.4 is 14.8 Å². The summed E-state index contributed by atoms with van der Waals surface area (Å²) < 4.78 is 10.7. The summed E-state index contributed by atoms with van der Waals surface area (Å²) in [5.74, 6) is 0.653. The predicted octanol–water partition coefficient (Wildman–Crippen LogP) is 4.39. The van der Waals surface area contributed by atoms with Gasteiger partial charge in [0.2, 0.25) is 0 Å². The Bertz CT molecular complexity index is 997. The maximum Gasteiger partial charge on any atom is 0.270 e. The van der Waals surface area contributed by atoms with Gasteiger partial charge in [-0.15, -0.1) is 0 Å². The number of benzene rings is 2. The van der Waals surface area contributed by atoms with Gasteiger partial charge in [0.1, 0.15) is 5.70 Å². The van der Waals surface area contributed by atoms with Crippen LogP contribution in [-0.2, 0) is 10.2 Å². The number of nitrogens with zero attached hydrogens (tertiary/aromatic N) is 1. The summed E-state index contributed by atoms with van der Waals surface area (Å²) in [5.41, 5.74) is 2.62. The van der Waals surface area contributed by atoms with Gasteiger partial charge < -0.3 is 19.7 Å². The van der Waals surface area contributed by atoms with Crippen LogP contribution in [0, 0.1) is 0 Å². The van der Waals surface area contributed by atoms with Crippen molar-refractivity contribution in [2.45, 2.75) is 39.0 Å². The Labute approximate surface area is 190 Å². The molecule has 0 radical (unpaired) electrons. The maximum atomic E-state index is 13.2. The Kier molecular flexibility index (Phi) is 7.23. The molecule has 1 heterocycles. The molecule has 1 N–H and O–H groups in total. The molecule has 0 spiro atoms. The van der Waals surface area contributed by atoms with Gasteiger partial charge in [-0.2, -0.15) is 0 Å². The summed E-state index contributed by atoms with van der Waals surface area (Å²) in [6, 6.07) is 12.9. The Balaban J connectivity index is 1.90. The second-order valence-electron chi connectivity index (χ2n) is 8.95. The molecule has 1 aliphatic heterocycles. The Morgan fingerprint density at radius 1 is 0.938 bits per heavy atom. The molecule has 1 saturated heterocycles.